The monoisotopic (exact) mass is 125 g/mol. The minimum Gasteiger partial charge on any atom is -0.257 e. The molecule has 1 aromatic heterocycles. The minimum absolute atomic E-state index is 0.176. The van der Waals surface area contributed by atoms with E-state index < -0.39 is 0 Å². The fraction of sp³-hybridized carbons (Fsp3) is 0.200. The molecule has 1 heterocycles. The molecule has 4 nitrogen and oxygen atoms in total. The predicted molar refractivity (Wildman–Crippen MR) is 33.9 cm³/mol. The highest BCUT2D eigenvalue weighted by Gasteiger charge is 1.93. The Morgan fingerprint density at radius 3 is 2.78 bits per heavy atom. The molecule has 0 atom stereocenters. The van der Waals surface area contributed by atoms with Crippen molar-refractivity contribution >= 4 is 6.20 Å². The third-order valence-corrected chi connectivity index (χ3v) is 1.04. The van der Waals surface area contributed by atoms with Gasteiger partial charge in [-0.25, -0.2) is 9.48 Å². The Kier molecular flexibility index (Phi) is 1.22. The summed E-state index contributed by atoms with van der Waals surface area (Å²) in [6.45, 7) is 3.41. The van der Waals surface area contributed by atoms with E-state index in [1.807, 2.05) is 0 Å². The predicted octanol–water partition coefficient (Wildman–Crippen LogP) is -0.318. The fourth-order valence-corrected chi connectivity index (χ4v) is 0.524. The molecule has 0 unspecified atom stereocenters. The lowest BCUT2D eigenvalue weighted by Gasteiger charge is -1.82. The van der Waals surface area contributed by atoms with Crippen LogP contribution in [-0.2, 0) is 7.05 Å². The van der Waals surface area contributed by atoms with Gasteiger partial charge < -0.3 is 0 Å². The van der Waals surface area contributed by atoms with Gasteiger partial charge in [-0.1, -0.05) is 6.58 Å². The summed E-state index contributed by atoms with van der Waals surface area (Å²) < 4.78 is 2.54. The van der Waals surface area contributed by atoms with Gasteiger partial charge in [-0.15, -0.1) is 0 Å². The molecular weight excluding hydrogens is 118 g/mol. The molecule has 0 saturated heterocycles. The van der Waals surface area contributed by atoms with Gasteiger partial charge in [0.15, 0.2) is 0 Å². The van der Waals surface area contributed by atoms with Crippen LogP contribution in [-0.4, -0.2) is 14.3 Å². The van der Waals surface area contributed by atoms with Gasteiger partial charge in [0.1, 0.15) is 6.33 Å². The molecule has 0 spiro atoms. The van der Waals surface area contributed by atoms with Crippen LogP contribution in [0.4, 0.5) is 0 Å². The van der Waals surface area contributed by atoms with E-state index in [1.54, 1.807) is 7.05 Å². The standard InChI is InChI=1S/C5H7N3O/c1-3-8-4-6-7(2)5(8)9/h3-4H,1H2,2H3. The highest BCUT2D eigenvalue weighted by molar-refractivity contribution is 5.13. The first-order valence-corrected chi connectivity index (χ1v) is 2.48. The molecule has 0 bridgehead atoms. The lowest BCUT2D eigenvalue weighted by atomic mass is 10.9. The molecule has 9 heavy (non-hydrogen) atoms. The first-order valence-electron chi connectivity index (χ1n) is 2.48. The number of aryl methyl sites for hydroxylation is 1. The summed E-state index contributed by atoms with van der Waals surface area (Å²) in [6, 6.07) is 0. The molecule has 4 heteroatoms. The molecule has 0 saturated carbocycles. The van der Waals surface area contributed by atoms with Gasteiger partial charge in [-0.05, 0) is 0 Å². The minimum atomic E-state index is -0.176. The van der Waals surface area contributed by atoms with E-state index in [9.17, 15) is 4.79 Å². The average molecular weight is 125 g/mol. The normalized spacial score (nSPS) is 9.44. The van der Waals surface area contributed by atoms with Crippen LogP contribution in [0.3, 0.4) is 0 Å². The van der Waals surface area contributed by atoms with Crippen molar-refractivity contribution in [2.45, 2.75) is 0 Å². The average Bonchev–Trinajstić information content (AvgIpc) is 2.15. The van der Waals surface area contributed by atoms with Crippen LogP contribution in [0.1, 0.15) is 0 Å². The number of hydrogen-bond acceptors (Lipinski definition) is 2. The molecule has 0 radical (unpaired) electrons. The topological polar surface area (TPSA) is 39.8 Å². The van der Waals surface area contributed by atoms with Gasteiger partial charge in [0, 0.05) is 13.2 Å². The zero-order valence-corrected chi connectivity index (χ0v) is 5.11. The molecule has 0 fully saturated rings. The summed E-state index contributed by atoms with van der Waals surface area (Å²) in [5.41, 5.74) is -0.176. The lowest BCUT2D eigenvalue weighted by molar-refractivity contribution is 0.729. The van der Waals surface area contributed by atoms with E-state index in [0.29, 0.717) is 0 Å². The highest BCUT2D eigenvalue weighted by Crippen LogP contribution is 1.73. The lowest BCUT2D eigenvalue weighted by Crippen LogP contribution is -2.18. The smallest absolute Gasteiger partial charge is 0.257 e. The molecule has 0 aliphatic carbocycles. The summed E-state index contributed by atoms with van der Waals surface area (Å²) in [5, 5.41) is 3.68. The number of nitrogens with zero attached hydrogens (tertiary/aromatic N) is 3. The quantitative estimate of drug-likeness (QED) is 0.516. The van der Waals surface area contributed by atoms with Crippen molar-refractivity contribution < 1.29 is 0 Å². The molecule has 1 aromatic rings. The van der Waals surface area contributed by atoms with Crippen molar-refractivity contribution in [3.63, 3.8) is 0 Å². The molecule has 0 aliphatic rings. The van der Waals surface area contributed by atoms with Crippen molar-refractivity contribution in [3.8, 4) is 0 Å². The van der Waals surface area contributed by atoms with Crippen LogP contribution >= 0.6 is 0 Å². The zero-order valence-electron chi connectivity index (χ0n) is 5.11. The largest absolute Gasteiger partial charge is 0.349 e. The van der Waals surface area contributed by atoms with Crippen LogP contribution in [0.15, 0.2) is 17.7 Å². The molecular formula is C5H7N3O. The molecule has 0 amide bonds. The van der Waals surface area contributed by atoms with Crippen LogP contribution in [0.5, 0.6) is 0 Å². The maximum Gasteiger partial charge on any atom is 0.349 e. The SMILES string of the molecule is C=Cn1cnn(C)c1=O. The van der Waals surface area contributed by atoms with E-state index in [4.69, 9.17) is 0 Å². The zero-order chi connectivity index (χ0) is 6.85. The van der Waals surface area contributed by atoms with E-state index in [-0.39, 0.29) is 5.69 Å². The number of aromatic nitrogens is 3. The summed E-state index contributed by atoms with van der Waals surface area (Å²) in [5.74, 6) is 0. The van der Waals surface area contributed by atoms with Crippen molar-refractivity contribution in [2.24, 2.45) is 7.05 Å². The second-order valence-corrected chi connectivity index (χ2v) is 1.63. The van der Waals surface area contributed by atoms with Crippen LogP contribution in [0.2, 0.25) is 0 Å². The van der Waals surface area contributed by atoms with Gasteiger partial charge in [-0.2, -0.15) is 5.10 Å². The van der Waals surface area contributed by atoms with E-state index in [2.05, 4.69) is 11.7 Å². The first kappa shape index (κ1) is 5.81. The van der Waals surface area contributed by atoms with Crippen LogP contribution in [0.25, 0.3) is 6.20 Å². The Morgan fingerprint density at radius 1 is 1.89 bits per heavy atom. The fourth-order valence-electron chi connectivity index (χ4n) is 0.524. The van der Waals surface area contributed by atoms with Gasteiger partial charge in [0.05, 0.1) is 0 Å². The molecule has 0 aromatic carbocycles. The molecule has 0 aliphatic heterocycles. The van der Waals surface area contributed by atoms with Crippen molar-refractivity contribution in [2.75, 3.05) is 0 Å². The van der Waals surface area contributed by atoms with E-state index >= 15 is 0 Å². The summed E-state index contributed by atoms with van der Waals surface area (Å²) in [6.07, 6.45) is 2.82. The van der Waals surface area contributed by atoms with Crippen LogP contribution in [0, 0.1) is 0 Å². The molecule has 0 N–H and O–H groups in total. The van der Waals surface area contributed by atoms with Gasteiger partial charge in [0.2, 0.25) is 0 Å². The number of rotatable bonds is 1. The molecule has 48 valence electrons. The van der Waals surface area contributed by atoms with E-state index in [1.165, 1.54) is 21.8 Å². The van der Waals surface area contributed by atoms with Crippen molar-refractivity contribution in [1.82, 2.24) is 14.3 Å². The Bertz CT molecular complexity index is 270. The summed E-state index contributed by atoms with van der Waals surface area (Å²) in [4.78, 5) is 10.8. The third-order valence-electron chi connectivity index (χ3n) is 1.04. The van der Waals surface area contributed by atoms with Gasteiger partial charge in [-0.3, -0.25) is 4.57 Å². The maximum atomic E-state index is 10.8. The maximum absolute atomic E-state index is 10.8. The Hall–Kier alpha value is -1.32. The first-order chi connectivity index (χ1) is 4.25. The third kappa shape index (κ3) is 0.782. The highest BCUT2D eigenvalue weighted by atomic mass is 16.2. The van der Waals surface area contributed by atoms with Crippen molar-refractivity contribution in [1.29, 1.82) is 0 Å². The van der Waals surface area contributed by atoms with Crippen molar-refractivity contribution in [3.05, 3.63) is 23.4 Å². The Balaban J connectivity index is 3.36. The van der Waals surface area contributed by atoms with Gasteiger partial charge >= 0.3 is 5.69 Å². The Labute approximate surface area is 52.0 Å². The summed E-state index contributed by atoms with van der Waals surface area (Å²) >= 11 is 0. The second kappa shape index (κ2) is 1.89. The second-order valence-electron chi connectivity index (χ2n) is 1.63. The van der Waals surface area contributed by atoms with Crippen LogP contribution < -0.4 is 5.69 Å². The molecule has 1 rings (SSSR count). The van der Waals surface area contributed by atoms with E-state index in [0.717, 1.165) is 0 Å². The number of hydrogen-bond donors (Lipinski definition) is 0. The Morgan fingerprint density at radius 2 is 2.56 bits per heavy atom. The van der Waals surface area contributed by atoms with Gasteiger partial charge in [0.25, 0.3) is 0 Å². The summed E-state index contributed by atoms with van der Waals surface area (Å²) in [7, 11) is 1.59.